The number of rotatable bonds is 7. The van der Waals surface area contributed by atoms with Crippen LogP contribution in [0.1, 0.15) is 52.5 Å². The lowest BCUT2D eigenvalue weighted by atomic mass is 9.83. The highest BCUT2D eigenvalue weighted by Crippen LogP contribution is 2.37. The van der Waals surface area contributed by atoms with Crippen molar-refractivity contribution in [2.24, 2.45) is 5.92 Å². The third-order valence-electron chi connectivity index (χ3n) is 5.28. The van der Waals surface area contributed by atoms with Gasteiger partial charge in [-0.15, -0.1) is 0 Å². The van der Waals surface area contributed by atoms with Gasteiger partial charge in [-0.2, -0.15) is 0 Å². The van der Waals surface area contributed by atoms with E-state index in [4.69, 9.17) is 4.74 Å². The number of amides is 2. The summed E-state index contributed by atoms with van der Waals surface area (Å²) in [4.78, 5) is 39.2. The molecular formula is C22H29FN2O4. The zero-order chi connectivity index (χ0) is 21.7. The Labute approximate surface area is 171 Å². The highest BCUT2D eigenvalue weighted by molar-refractivity contribution is 5.97. The van der Waals surface area contributed by atoms with Crippen LogP contribution in [0.3, 0.4) is 0 Å². The van der Waals surface area contributed by atoms with Gasteiger partial charge in [-0.3, -0.25) is 9.59 Å². The second kappa shape index (κ2) is 9.67. The van der Waals surface area contributed by atoms with Crippen LogP contribution in [0.4, 0.5) is 4.39 Å². The third-order valence-corrected chi connectivity index (χ3v) is 5.28. The minimum Gasteiger partial charge on any atom is -0.463 e. The lowest BCUT2D eigenvalue weighted by Crippen LogP contribution is -2.46. The fourth-order valence-electron chi connectivity index (χ4n) is 3.27. The Morgan fingerprint density at radius 3 is 2.41 bits per heavy atom. The van der Waals surface area contributed by atoms with Gasteiger partial charge in [0.05, 0.1) is 12.2 Å². The molecule has 1 aromatic carbocycles. The smallest absolute Gasteiger partial charge is 0.336 e. The molecule has 0 bridgehead atoms. The molecule has 0 saturated heterocycles. The largest absolute Gasteiger partial charge is 0.463 e. The molecule has 1 N–H and O–H groups in total. The summed E-state index contributed by atoms with van der Waals surface area (Å²) >= 11 is 0. The van der Waals surface area contributed by atoms with Crippen molar-refractivity contribution < 1.29 is 23.5 Å². The van der Waals surface area contributed by atoms with E-state index in [-0.39, 0.29) is 43.3 Å². The number of esters is 1. The number of hydrogen-bond donors (Lipinski definition) is 1. The van der Waals surface area contributed by atoms with Crippen LogP contribution < -0.4 is 5.32 Å². The number of allylic oxidation sites excluding steroid dienone is 1. The average molecular weight is 404 g/mol. The van der Waals surface area contributed by atoms with Gasteiger partial charge < -0.3 is 15.0 Å². The predicted octanol–water partition coefficient (Wildman–Crippen LogP) is 3.14. The normalized spacial score (nSPS) is 18.1. The number of carbonyl (C=O) groups is 3. The van der Waals surface area contributed by atoms with E-state index in [9.17, 15) is 18.8 Å². The Morgan fingerprint density at radius 2 is 1.86 bits per heavy atom. The Kier molecular flexibility index (Phi) is 7.53. The maximum absolute atomic E-state index is 13.3. The van der Waals surface area contributed by atoms with Gasteiger partial charge in [-0.05, 0) is 44.4 Å². The van der Waals surface area contributed by atoms with Crippen molar-refractivity contribution in [3.05, 3.63) is 46.9 Å². The van der Waals surface area contributed by atoms with E-state index in [0.29, 0.717) is 16.8 Å². The standard InChI is InChI=1S/C22H29FN2O4/c1-6-29-22(28)21-15(5)25(12-19(26)24-14(4)13(2)3)20(27)11-18(21)16-7-9-17(23)10-8-16/h7-10,13-14,18H,6,11-12H2,1-5H3,(H,24,26). The van der Waals surface area contributed by atoms with Gasteiger partial charge in [0.25, 0.3) is 0 Å². The molecule has 158 valence electrons. The molecule has 7 heteroatoms. The molecule has 0 aliphatic carbocycles. The molecule has 0 radical (unpaired) electrons. The number of nitrogens with zero attached hydrogens (tertiary/aromatic N) is 1. The van der Waals surface area contributed by atoms with E-state index in [0.717, 1.165) is 0 Å². The van der Waals surface area contributed by atoms with Gasteiger partial charge in [0.2, 0.25) is 11.8 Å². The molecule has 1 aliphatic heterocycles. The van der Waals surface area contributed by atoms with Crippen LogP contribution in [0.15, 0.2) is 35.5 Å². The third kappa shape index (κ3) is 5.43. The number of carbonyl (C=O) groups excluding carboxylic acids is 3. The van der Waals surface area contributed by atoms with Crippen LogP contribution in [0.5, 0.6) is 0 Å². The van der Waals surface area contributed by atoms with Crippen molar-refractivity contribution in [3.8, 4) is 0 Å². The van der Waals surface area contributed by atoms with Crippen LogP contribution in [0, 0.1) is 11.7 Å². The highest BCUT2D eigenvalue weighted by Gasteiger charge is 2.37. The first-order valence-electron chi connectivity index (χ1n) is 9.88. The Balaban J connectivity index is 2.37. The maximum Gasteiger partial charge on any atom is 0.336 e. The molecule has 2 rings (SSSR count). The van der Waals surface area contributed by atoms with Crippen molar-refractivity contribution in [1.29, 1.82) is 0 Å². The monoisotopic (exact) mass is 404 g/mol. The van der Waals surface area contributed by atoms with E-state index in [1.807, 2.05) is 20.8 Å². The average Bonchev–Trinajstić information content (AvgIpc) is 2.65. The van der Waals surface area contributed by atoms with Crippen LogP contribution in [0.2, 0.25) is 0 Å². The molecule has 1 heterocycles. The summed E-state index contributed by atoms with van der Waals surface area (Å²) in [5.41, 5.74) is 1.36. The minimum atomic E-state index is -0.545. The Morgan fingerprint density at radius 1 is 1.24 bits per heavy atom. The highest BCUT2D eigenvalue weighted by atomic mass is 19.1. The molecular weight excluding hydrogens is 375 g/mol. The number of ether oxygens (including phenoxy) is 1. The van der Waals surface area contributed by atoms with Crippen LogP contribution >= 0.6 is 0 Å². The van der Waals surface area contributed by atoms with E-state index in [1.165, 1.54) is 17.0 Å². The molecule has 2 unspecified atom stereocenters. The van der Waals surface area contributed by atoms with Crippen LogP contribution in [-0.2, 0) is 19.1 Å². The van der Waals surface area contributed by atoms with E-state index < -0.39 is 17.7 Å². The Hall–Kier alpha value is -2.70. The summed E-state index contributed by atoms with van der Waals surface area (Å²) in [6.07, 6.45) is 0.00410. The van der Waals surface area contributed by atoms with E-state index >= 15 is 0 Å². The second-order valence-corrected chi connectivity index (χ2v) is 7.61. The number of halogens is 1. The second-order valence-electron chi connectivity index (χ2n) is 7.61. The molecule has 29 heavy (non-hydrogen) atoms. The fourth-order valence-corrected chi connectivity index (χ4v) is 3.27. The Bertz CT molecular complexity index is 802. The summed E-state index contributed by atoms with van der Waals surface area (Å²) in [5.74, 6) is -1.78. The number of benzene rings is 1. The van der Waals surface area contributed by atoms with Gasteiger partial charge in [0.15, 0.2) is 0 Å². The summed E-state index contributed by atoms with van der Waals surface area (Å²) in [5, 5.41) is 2.87. The molecule has 1 aliphatic rings. The van der Waals surface area contributed by atoms with Crippen molar-refractivity contribution in [2.75, 3.05) is 13.2 Å². The van der Waals surface area contributed by atoms with Crippen molar-refractivity contribution in [1.82, 2.24) is 10.2 Å². The van der Waals surface area contributed by atoms with Gasteiger partial charge in [-0.1, -0.05) is 26.0 Å². The number of nitrogens with one attached hydrogen (secondary N) is 1. The summed E-state index contributed by atoms with van der Waals surface area (Å²) in [6.45, 7) is 9.25. The maximum atomic E-state index is 13.3. The predicted molar refractivity (Wildman–Crippen MR) is 107 cm³/mol. The van der Waals surface area contributed by atoms with Crippen molar-refractivity contribution in [3.63, 3.8) is 0 Å². The molecule has 1 aromatic rings. The minimum absolute atomic E-state index is 0.00410. The van der Waals surface area contributed by atoms with Gasteiger partial charge in [0.1, 0.15) is 12.4 Å². The first kappa shape index (κ1) is 22.6. The molecule has 0 fully saturated rings. The van der Waals surface area contributed by atoms with Crippen LogP contribution in [-0.4, -0.2) is 41.9 Å². The van der Waals surface area contributed by atoms with E-state index in [2.05, 4.69) is 5.32 Å². The van der Waals surface area contributed by atoms with Gasteiger partial charge in [-0.25, -0.2) is 9.18 Å². The lowest BCUT2D eigenvalue weighted by molar-refractivity contribution is -0.141. The van der Waals surface area contributed by atoms with Crippen molar-refractivity contribution in [2.45, 2.75) is 53.0 Å². The molecule has 2 amide bonds. The van der Waals surface area contributed by atoms with E-state index in [1.54, 1.807) is 26.0 Å². The summed E-state index contributed by atoms with van der Waals surface area (Å²) < 4.78 is 18.5. The van der Waals surface area contributed by atoms with Crippen molar-refractivity contribution >= 4 is 17.8 Å². The molecule has 2 atom stereocenters. The molecule has 6 nitrogen and oxygen atoms in total. The zero-order valence-corrected chi connectivity index (χ0v) is 17.6. The zero-order valence-electron chi connectivity index (χ0n) is 17.6. The topological polar surface area (TPSA) is 75.7 Å². The SMILES string of the molecule is CCOC(=O)C1=C(C)N(CC(=O)NC(C)C(C)C)C(=O)CC1c1ccc(F)cc1. The lowest BCUT2D eigenvalue weighted by Gasteiger charge is -2.34. The van der Waals surface area contributed by atoms with Gasteiger partial charge in [0, 0.05) is 24.1 Å². The number of hydrogen-bond acceptors (Lipinski definition) is 4. The first-order chi connectivity index (χ1) is 13.6. The van der Waals surface area contributed by atoms with Crippen LogP contribution in [0.25, 0.3) is 0 Å². The summed E-state index contributed by atoms with van der Waals surface area (Å²) in [6, 6.07) is 5.68. The fraction of sp³-hybridized carbons (Fsp3) is 0.500. The summed E-state index contributed by atoms with van der Waals surface area (Å²) in [7, 11) is 0. The quantitative estimate of drug-likeness (QED) is 0.709. The molecule has 0 spiro atoms. The molecule has 0 saturated carbocycles. The molecule has 0 aromatic heterocycles. The van der Waals surface area contributed by atoms with Gasteiger partial charge >= 0.3 is 5.97 Å². The first-order valence-corrected chi connectivity index (χ1v) is 9.88.